The molecule has 0 spiro atoms. The molecule has 0 heterocycles. The van der Waals surface area contributed by atoms with Gasteiger partial charge in [0.1, 0.15) is 0 Å². The minimum absolute atomic E-state index is 0.247. The second kappa shape index (κ2) is 6.32. The van der Waals surface area contributed by atoms with Crippen molar-refractivity contribution in [2.45, 2.75) is 53.9 Å². The third-order valence-corrected chi connectivity index (χ3v) is 5.13. The Labute approximate surface area is 124 Å². The Kier molecular flexibility index (Phi) is 4.93. The molecule has 114 valence electrons. The molecular weight excluding hydrogens is 246 g/mol. The Morgan fingerprint density at radius 1 is 1.40 bits per heavy atom. The van der Waals surface area contributed by atoms with Crippen LogP contribution in [0.2, 0.25) is 0 Å². The molecule has 0 aromatic carbocycles. The van der Waals surface area contributed by atoms with Crippen molar-refractivity contribution >= 4 is 5.91 Å². The largest absolute Gasteiger partial charge is 0.342 e. The summed E-state index contributed by atoms with van der Waals surface area (Å²) in [6, 6.07) is 0. The second-order valence-electron chi connectivity index (χ2n) is 7.61. The smallest absolute Gasteiger partial charge is 0.219 e. The lowest BCUT2D eigenvalue weighted by Crippen LogP contribution is -2.34. The van der Waals surface area contributed by atoms with Gasteiger partial charge in [-0.3, -0.25) is 4.79 Å². The number of nitrogens with zero attached hydrogens (tertiary/aromatic N) is 1. The molecule has 0 aromatic heterocycles. The molecule has 0 aromatic rings. The first-order valence-electron chi connectivity index (χ1n) is 8.29. The first-order valence-corrected chi connectivity index (χ1v) is 8.29. The minimum atomic E-state index is 0.247. The van der Waals surface area contributed by atoms with Crippen molar-refractivity contribution in [3.8, 4) is 0 Å². The lowest BCUT2D eigenvalue weighted by Gasteiger charge is -2.29. The van der Waals surface area contributed by atoms with Crippen molar-refractivity contribution in [2.75, 3.05) is 13.1 Å². The summed E-state index contributed by atoms with van der Waals surface area (Å²) in [7, 11) is 0. The van der Waals surface area contributed by atoms with Gasteiger partial charge in [0.2, 0.25) is 5.91 Å². The van der Waals surface area contributed by atoms with E-state index in [-0.39, 0.29) is 5.91 Å². The maximum absolute atomic E-state index is 11.7. The number of allylic oxidation sites excluding steroid dienone is 2. The zero-order valence-corrected chi connectivity index (χ0v) is 13.9. The van der Waals surface area contributed by atoms with E-state index in [0.29, 0.717) is 5.92 Å². The number of hydrogen-bond acceptors (Lipinski definition) is 1. The van der Waals surface area contributed by atoms with Crippen molar-refractivity contribution in [2.24, 2.45) is 29.6 Å². The summed E-state index contributed by atoms with van der Waals surface area (Å²) in [5, 5.41) is 0. The lowest BCUT2D eigenvalue weighted by atomic mass is 9.78. The summed E-state index contributed by atoms with van der Waals surface area (Å²) < 4.78 is 0. The fourth-order valence-corrected chi connectivity index (χ4v) is 3.97. The average Bonchev–Trinajstić information content (AvgIpc) is 3.06. The summed E-state index contributed by atoms with van der Waals surface area (Å²) in [6.07, 6.45) is 6.31. The van der Waals surface area contributed by atoms with Crippen LogP contribution < -0.4 is 0 Å². The predicted octanol–water partition coefficient (Wildman–Crippen LogP) is 4.12. The summed E-state index contributed by atoms with van der Waals surface area (Å²) in [6.45, 7) is 12.7. The van der Waals surface area contributed by atoms with Gasteiger partial charge < -0.3 is 4.90 Å². The topological polar surface area (TPSA) is 20.3 Å². The summed E-state index contributed by atoms with van der Waals surface area (Å²) in [5.41, 5.74) is 1.57. The molecule has 4 atom stereocenters. The monoisotopic (exact) mass is 277 g/mol. The maximum Gasteiger partial charge on any atom is 0.219 e. The van der Waals surface area contributed by atoms with Crippen LogP contribution in [-0.2, 0) is 4.79 Å². The quantitative estimate of drug-likeness (QED) is 0.692. The van der Waals surface area contributed by atoms with Gasteiger partial charge in [-0.1, -0.05) is 32.4 Å². The second-order valence-corrected chi connectivity index (χ2v) is 7.61. The maximum atomic E-state index is 11.7. The Hall–Kier alpha value is -0.790. The average molecular weight is 277 g/mol. The van der Waals surface area contributed by atoms with Crippen LogP contribution in [0.5, 0.6) is 0 Å². The first kappa shape index (κ1) is 15.6. The third kappa shape index (κ3) is 3.86. The van der Waals surface area contributed by atoms with Crippen LogP contribution >= 0.6 is 0 Å². The van der Waals surface area contributed by atoms with E-state index in [1.807, 2.05) is 0 Å². The predicted molar refractivity (Wildman–Crippen MR) is 84.3 cm³/mol. The van der Waals surface area contributed by atoms with E-state index >= 15 is 0 Å². The minimum Gasteiger partial charge on any atom is -0.342 e. The molecule has 1 saturated carbocycles. The molecule has 2 heteroatoms. The summed E-state index contributed by atoms with van der Waals surface area (Å²) in [5.74, 6) is 4.12. The Balaban J connectivity index is 1.86. The van der Waals surface area contributed by atoms with Crippen molar-refractivity contribution in [3.05, 3.63) is 11.6 Å². The highest BCUT2D eigenvalue weighted by molar-refractivity contribution is 5.73. The number of hydrogen-bond donors (Lipinski definition) is 0. The molecule has 1 fully saturated rings. The zero-order chi connectivity index (χ0) is 14.9. The van der Waals surface area contributed by atoms with Crippen molar-refractivity contribution in [1.82, 2.24) is 4.90 Å². The van der Waals surface area contributed by atoms with E-state index in [2.05, 4.69) is 38.7 Å². The van der Waals surface area contributed by atoms with Crippen molar-refractivity contribution in [1.29, 1.82) is 0 Å². The van der Waals surface area contributed by atoms with Crippen LogP contribution in [0.3, 0.4) is 0 Å². The molecule has 0 saturated heterocycles. The fraction of sp³-hybridized carbons (Fsp3) is 0.833. The van der Waals surface area contributed by atoms with Crippen LogP contribution in [0.1, 0.15) is 53.9 Å². The van der Waals surface area contributed by atoms with Gasteiger partial charge in [-0.05, 0) is 55.8 Å². The molecule has 2 rings (SSSR count). The van der Waals surface area contributed by atoms with Crippen LogP contribution in [0, 0.1) is 29.6 Å². The van der Waals surface area contributed by atoms with Gasteiger partial charge in [-0.2, -0.15) is 0 Å². The normalized spacial score (nSPS) is 33.0. The summed E-state index contributed by atoms with van der Waals surface area (Å²) >= 11 is 0. The molecule has 2 nitrogen and oxygen atoms in total. The van der Waals surface area contributed by atoms with E-state index in [1.54, 1.807) is 12.5 Å². The summed E-state index contributed by atoms with van der Waals surface area (Å²) in [4.78, 5) is 13.8. The molecular formula is C18H31NO. The Morgan fingerprint density at radius 3 is 2.65 bits per heavy atom. The number of rotatable bonds is 5. The van der Waals surface area contributed by atoms with Crippen LogP contribution in [0.15, 0.2) is 11.6 Å². The van der Waals surface area contributed by atoms with E-state index in [4.69, 9.17) is 0 Å². The number of carbonyl (C=O) groups is 1. The van der Waals surface area contributed by atoms with Crippen LogP contribution in [-0.4, -0.2) is 23.9 Å². The van der Waals surface area contributed by atoms with Gasteiger partial charge in [-0.15, -0.1) is 0 Å². The molecule has 20 heavy (non-hydrogen) atoms. The lowest BCUT2D eigenvalue weighted by molar-refractivity contribution is -0.129. The van der Waals surface area contributed by atoms with E-state index in [1.165, 1.54) is 19.3 Å². The molecule has 1 amide bonds. The highest BCUT2D eigenvalue weighted by Crippen LogP contribution is 2.51. The van der Waals surface area contributed by atoms with Gasteiger partial charge in [0.15, 0.2) is 0 Å². The van der Waals surface area contributed by atoms with Crippen molar-refractivity contribution in [3.63, 3.8) is 0 Å². The standard InChI is InChI=1S/C18H31NO/c1-12(2)10-19(15(5)20)11-16-9-18(16)17-7-6-13(3)8-14(17)4/h6,12,14,16-18H,7-11H2,1-5H3. The molecule has 0 aliphatic heterocycles. The van der Waals surface area contributed by atoms with Crippen molar-refractivity contribution < 1.29 is 4.79 Å². The van der Waals surface area contributed by atoms with Gasteiger partial charge >= 0.3 is 0 Å². The number of amides is 1. The zero-order valence-electron chi connectivity index (χ0n) is 13.9. The molecule has 0 radical (unpaired) electrons. The van der Waals surface area contributed by atoms with Gasteiger partial charge in [-0.25, -0.2) is 0 Å². The molecule has 0 bridgehead atoms. The third-order valence-electron chi connectivity index (χ3n) is 5.13. The van der Waals surface area contributed by atoms with Crippen LogP contribution in [0.25, 0.3) is 0 Å². The first-order chi connectivity index (χ1) is 9.38. The van der Waals surface area contributed by atoms with E-state index in [9.17, 15) is 4.79 Å². The van der Waals surface area contributed by atoms with Gasteiger partial charge in [0.05, 0.1) is 0 Å². The Morgan fingerprint density at radius 2 is 2.10 bits per heavy atom. The highest BCUT2D eigenvalue weighted by Gasteiger charge is 2.45. The van der Waals surface area contributed by atoms with Gasteiger partial charge in [0.25, 0.3) is 0 Å². The molecule has 0 N–H and O–H groups in total. The van der Waals surface area contributed by atoms with E-state index in [0.717, 1.165) is 36.8 Å². The van der Waals surface area contributed by atoms with Gasteiger partial charge in [0, 0.05) is 20.0 Å². The SMILES string of the molecule is CC(=O)N(CC(C)C)CC1CC1C1CC=C(C)CC1C. The molecule has 4 unspecified atom stereocenters. The number of carbonyl (C=O) groups excluding carboxylic acids is 1. The fourth-order valence-electron chi connectivity index (χ4n) is 3.97. The van der Waals surface area contributed by atoms with E-state index < -0.39 is 0 Å². The Bertz CT molecular complexity index is 385. The highest BCUT2D eigenvalue weighted by atomic mass is 16.2. The molecule has 2 aliphatic rings. The molecule has 2 aliphatic carbocycles. The van der Waals surface area contributed by atoms with Crippen LogP contribution in [0.4, 0.5) is 0 Å².